The Balaban J connectivity index is 2.54. The van der Waals surface area contributed by atoms with E-state index in [0.717, 1.165) is 5.69 Å². The number of pyridine rings is 1. The summed E-state index contributed by atoms with van der Waals surface area (Å²) in [6, 6.07) is 2.34. The van der Waals surface area contributed by atoms with Gasteiger partial charge in [0.1, 0.15) is 12.1 Å². The topological polar surface area (TPSA) is 156 Å². The number of carbonyl (C=O) groups excluding carboxylic acids is 3. The summed E-state index contributed by atoms with van der Waals surface area (Å²) in [4.78, 5) is 51.5. The number of hydrogen-bond acceptors (Lipinski definition) is 8. The maximum absolute atomic E-state index is 12.3. The SMILES string of the molecule is CCOC(=O)CC[C@H](NC(=O)N[C@@H](CCNCc1ccccn1)C(=O)O)C(=O)OCC. The van der Waals surface area contributed by atoms with Crippen molar-refractivity contribution in [2.24, 2.45) is 0 Å². The summed E-state index contributed by atoms with van der Waals surface area (Å²) < 4.78 is 9.72. The van der Waals surface area contributed by atoms with Gasteiger partial charge < -0.3 is 30.5 Å². The zero-order valence-electron chi connectivity index (χ0n) is 17.8. The number of carboxylic acids is 1. The summed E-state index contributed by atoms with van der Waals surface area (Å²) in [5, 5.41) is 17.1. The van der Waals surface area contributed by atoms with Crippen LogP contribution in [0.5, 0.6) is 0 Å². The number of carbonyl (C=O) groups is 4. The number of esters is 2. The van der Waals surface area contributed by atoms with Gasteiger partial charge in [0.2, 0.25) is 0 Å². The number of aliphatic carboxylic acids is 1. The average molecular weight is 438 g/mol. The molecule has 0 radical (unpaired) electrons. The summed E-state index contributed by atoms with van der Waals surface area (Å²) in [5.74, 6) is -2.44. The van der Waals surface area contributed by atoms with E-state index in [-0.39, 0.29) is 32.5 Å². The maximum atomic E-state index is 12.3. The second kappa shape index (κ2) is 14.7. The molecule has 11 nitrogen and oxygen atoms in total. The lowest BCUT2D eigenvalue weighted by Gasteiger charge is -2.20. The normalized spacial score (nSPS) is 12.3. The number of carboxylic acid groups (broad SMARTS) is 1. The molecule has 0 aromatic carbocycles. The quantitative estimate of drug-likeness (QED) is 0.241. The lowest BCUT2D eigenvalue weighted by Crippen LogP contribution is -2.52. The molecule has 2 atom stereocenters. The van der Waals surface area contributed by atoms with Crippen molar-refractivity contribution in [3.05, 3.63) is 30.1 Å². The first-order valence-electron chi connectivity index (χ1n) is 10.1. The van der Waals surface area contributed by atoms with Gasteiger partial charge in [0.15, 0.2) is 0 Å². The molecule has 1 rings (SSSR count). The number of nitrogens with one attached hydrogen (secondary N) is 3. The Bertz CT molecular complexity index is 715. The van der Waals surface area contributed by atoms with Crippen LogP contribution in [-0.2, 0) is 30.4 Å². The van der Waals surface area contributed by atoms with Crippen molar-refractivity contribution in [2.75, 3.05) is 19.8 Å². The highest BCUT2D eigenvalue weighted by atomic mass is 16.5. The van der Waals surface area contributed by atoms with Gasteiger partial charge in [-0.2, -0.15) is 0 Å². The lowest BCUT2D eigenvalue weighted by atomic mass is 10.1. The number of amides is 2. The van der Waals surface area contributed by atoms with Crippen molar-refractivity contribution in [3.63, 3.8) is 0 Å². The predicted octanol–water partition coefficient (Wildman–Crippen LogP) is 0.589. The third kappa shape index (κ3) is 10.9. The second-order valence-corrected chi connectivity index (χ2v) is 6.44. The largest absolute Gasteiger partial charge is 0.480 e. The number of urea groups is 1. The molecule has 31 heavy (non-hydrogen) atoms. The molecule has 0 aliphatic heterocycles. The first-order valence-corrected chi connectivity index (χ1v) is 10.1. The zero-order valence-corrected chi connectivity index (χ0v) is 17.8. The van der Waals surface area contributed by atoms with E-state index in [1.807, 2.05) is 12.1 Å². The smallest absolute Gasteiger partial charge is 0.328 e. The van der Waals surface area contributed by atoms with Crippen molar-refractivity contribution in [2.45, 2.75) is 51.7 Å². The van der Waals surface area contributed by atoms with E-state index in [9.17, 15) is 24.3 Å². The minimum Gasteiger partial charge on any atom is -0.480 e. The summed E-state index contributed by atoms with van der Waals surface area (Å²) in [5.41, 5.74) is 0.805. The molecule has 11 heteroatoms. The summed E-state index contributed by atoms with van der Waals surface area (Å²) in [6.45, 7) is 4.34. The highest BCUT2D eigenvalue weighted by Crippen LogP contribution is 2.03. The van der Waals surface area contributed by atoms with Crippen LogP contribution >= 0.6 is 0 Å². The fourth-order valence-corrected chi connectivity index (χ4v) is 2.57. The van der Waals surface area contributed by atoms with E-state index < -0.39 is 36.0 Å². The fraction of sp³-hybridized carbons (Fsp3) is 0.550. The van der Waals surface area contributed by atoms with Crippen molar-refractivity contribution >= 4 is 23.9 Å². The molecule has 0 bridgehead atoms. The number of hydrogen-bond donors (Lipinski definition) is 4. The van der Waals surface area contributed by atoms with E-state index >= 15 is 0 Å². The first-order chi connectivity index (χ1) is 14.9. The minimum atomic E-state index is -1.21. The van der Waals surface area contributed by atoms with Crippen molar-refractivity contribution in [1.82, 2.24) is 20.9 Å². The van der Waals surface area contributed by atoms with Crippen LogP contribution in [0.4, 0.5) is 4.79 Å². The van der Waals surface area contributed by atoms with Crippen LogP contribution in [0.15, 0.2) is 24.4 Å². The van der Waals surface area contributed by atoms with Crippen LogP contribution in [0.2, 0.25) is 0 Å². The van der Waals surface area contributed by atoms with Gasteiger partial charge in [0, 0.05) is 19.2 Å². The van der Waals surface area contributed by atoms with Crippen LogP contribution < -0.4 is 16.0 Å². The summed E-state index contributed by atoms with van der Waals surface area (Å²) in [7, 11) is 0. The van der Waals surface area contributed by atoms with Gasteiger partial charge in [-0.15, -0.1) is 0 Å². The molecule has 2 amide bonds. The predicted molar refractivity (Wildman–Crippen MR) is 110 cm³/mol. The Morgan fingerprint density at radius 1 is 1.03 bits per heavy atom. The molecule has 1 aromatic rings. The highest BCUT2D eigenvalue weighted by Gasteiger charge is 2.26. The van der Waals surface area contributed by atoms with Gasteiger partial charge in [-0.1, -0.05) is 6.07 Å². The van der Waals surface area contributed by atoms with Crippen molar-refractivity contribution in [3.8, 4) is 0 Å². The second-order valence-electron chi connectivity index (χ2n) is 6.44. The van der Waals surface area contributed by atoms with Gasteiger partial charge in [0.25, 0.3) is 0 Å². The molecule has 0 saturated carbocycles. The molecule has 4 N–H and O–H groups in total. The Morgan fingerprint density at radius 3 is 2.35 bits per heavy atom. The molecular weight excluding hydrogens is 408 g/mol. The molecule has 1 aromatic heterocycles. The van der Waals surface area contributed by atoms with Crippen LogP contribution in [0.1, 0.15) is 38.8 Å². The van der Waals surface area contributed by atoms with Gasteiger partial charge in [-0.25, -0.2) is 14.4 Å². The molecule has 0 aliphatic carbocycles. The molecule has 0 spiro atoms. The Morgan fingerprint density at radius 2 is 1.74 bits per heavy atom. The molecule has 0 saturated heterocycles. The van der Waals surface area contributed by atoms with Crippen LogP contribution in [-0.4, -0.2) is 65.9 Å². The number of rotatable bonds is 14. The van der Waals surface area contributed by atoms with Gasteiger partial charge in [0.05, 0.1) is 18.9 Å². The van der Waals surface area contributed by atoms with E-state index in [1.54, 1.807) is 26.1 Å². The summed E-state index contributed by atoms with van der Waals surface area (Å²) in [6.07, 6.45) is 1.64. The first kappa shape index (κ1) is 25.8. The molecule has 172 valence electrons. The lowest BCUT2D eigenvalue weighted by molar-refractivity contribution is -0.146. The third-order valence-electron chi connectivity index (χ3n) is 4.06. The van der Waals surface area contributed by atoms with Gasteiger partial charge in [-0.05, 0) is 45.4 Å². The van der Waals surface area contributed by atoms with Crippen LogP contribution in [0.3, 0.4) is 0 Å². The average Bonchev–Trinajstić information content (AvgIpc) is 2.74. The minimum absolute atomic E-state index is 0.0333. The Labute approximate surface area is 180 Å². The summed E-state index contributed by atoms with van der Waals surface area (Å²) >= 11 is 0. The molecule has 0 aliphatic rings. The molecular formula is C20H30N4O7. The van der Waals surface area contributed by atoms with Gasteiger partial charge >= 0.3 is 23.9 Å². The fourth-order valence-electron chi connectivity index (χ4n) is 2.57. The monoisotopic (exact) mass is 438 g/mol. The van der Waals surface area contributed by atoms with Crippen LogP contribution in [0.25, 0.3) is 0 Å². The molecule has 1 heterocycles. The Hall–Kier alpha value is -3.21. The van der Waals surface area contributed by atoms with E-state index in [0.29, 0.717) is 13.1 Å². The van der Waals surface area contributed by atoms with E-state index in [1.165, 1.54) is 0 Å². The van der Waals surface area contributed by atoms with Gasteiger partial charge in [-0.3, -0.25) is 9.78 Å². The standard InChI is InChI=1S/C20H30N4O7/c1-3-30-17(25)9-8-16(19(28)31-4-2)24-20(29)23-15(18(26)27)10-12-21-13-14-7-5-6-11-22-14/h5-7,11,15-16,21H,3-4,8-10,12-13H2,1-2H3,(H,26,27)(H2,23,24,29)/t15-,16-/m0/s1. The third-order valence-corrected chi connectivity index (χ3v) is 4.06. The van der Waals surface area contributed by atoms with Crippen LogP contribution in [0, 0.1) is 0 Å². The van der Waals surface area contributed by atoms with E-state index in [4.69, 9.17) is 9.47 Å². The number of nitrogens with zero attached hydrogens (tertiary/aromatic N) is 1. The number of aromatic nitrogens is 1. The zero-order chi connectivity index (χ0) is 23.1. The van der Waals surface area contributed by atoms with Crippen molar-refractivity contribution in [1.29, 1.82) is 0 Å². The highest BCUT2D eigenvalue weighted by molar-refractivity contribution is 5.87. The number of ether oxygens (including phenoxy) is 2. The maximum Gasteiger partial charge on any atom is 0.328 e. The molecule has 0 fully saturated rings. The molecule has 0 unspecified atom stereocenters. The van der Waals surface area contributed by atoms with Crippen molar-refractivity contribution < 1.29 is 33.8 Å². The van der Waals surface area contributed by atoms with E-state index in [2.05, 4.69) is 20.9 Å². The Kier molecular flexibility index (Phi) is 12.3.